The van der Waals surface area contributed by atoms with Gasteiger partial charge in [-0.3, -0.25) is 15.5 Å². The molecule has 0 unspecified atom stereocenters. The van der Waals surface area contributed by atoms with Crippen molar-refractivity contribution in [3.8, 4) is 5.75 Å². The van der Waals surface area contributed by atoms with Crippen LogP contribution in [0.5, 0.6) is 5.75 Å². The van der Waals surface area contributed by atoms with Crippen LogP contribution in [0.25, 0.3) is 0 Å². The third-order valence-electron chi connectivity index (χ3n) is 5.28. The number of hydrogen-bond donors (Lipinski definition) is 3. The van der Waals surface area contributed by atoms with E-state index in [1.807, 2.05) is 11.9 Å². The lowest BCUT2D eigenvalue weighted by Crippen LogP contribution is -2.44. The van der Waals surface area contributed by atoms with E-state index in [1.165, 1.54) is 25.3 Å². The summed E-state index contributed by atoms with van der Waals surface area (Å²) < 4.78 is 46.3. The molecule has 1 aliphatic heterocycles. The largest absolute Gasteiger partial charge is 0.495 e. The van der Waals surface area contributed by atoms with Crippen molar-refractivity contribution >= 4 is 17.3 Å². The standard InChI is InChI=1S/C21H26F3N5O2/c1-28-7-9-29(10-8-28)13-15-4-3-14(11-17(15)21(22,23)24)20(30)26-16-5-6-19(31-2)18(12-16)27-25/h3-6,11-12,27H,7-10,13,25H2,1-2H3,(H,26,30). The number of alkyl halides is 3. The fourth-order valence-electron chi connectivity index (χ4n) is 3.47. The second kappa shape index (κ2) is 9.54. The fraction of sp³-hybridized carbons (Fsp3) is 0.381. The molecule has 0 saturated carbocycles. The number of piperazine rings is 1. The van der Waals surface area contributed by atoms with Crippen molar-refractivity contribution in [2.45, 2.75) is 12.7 Å². The smallest absolute Gasteiger partial charge is 0.416 e. The Kier molecular flexibility index (Phi) is 7.04. The molecule has 0 atom stereocenters. The number of hydrogen-bond acceptors (Lipinski definition) is 6. The van der Waals surface area contributed by atoms with Crippen LogP contribution in [-0.2, 0) is 12.7 Å². The molecule has 2 aromatic rings. The van der Waals surface area contributed by atoms with Gasteiger partial charge in [0.1, 0.15) is 5.75 Å². The zero-order valence-corrected chi connectivity index (χ0v) is 17.4. The average Bonchev–Trinajstić information content (AvgIpc) is 2.74. The predicted octanol–water partition coefficient (Wildman–Crippen LogP) is 3.00. The van der Waals surface area contributed by atoms with E-state index < -0.39 is 17.6 Å². The Balaban J connectivity index is 1.80. The molecule has 0 spiro atoms. The van der Waals surface area contributed by atoms with Gasteiger partial charge in [0.05, 0.1) is 18.4 Å². The molecule has 0 aromatic heterocycles. The fourth-order valence-corrected chi connectivity index (χ4v) is 3.47. The molecule has 1 heterocycles. The van der Waals surface area contributed by atoms with Gasteiger partial charge in [0.25, 0.3) is 5.91 Å². The molecule has 7 nitrogen and oxygen atoms in total. The van der Waals surface area contributed by atoms with Crippen LogP contribution in [-0.4, -0.2) is 56.0 Å². The number of amides is 1. The first-order chi connectivity index (χ1) is 14.7. The minimum Gasteiger partial charge on any atom is -0.495 e. The molecule has 0 aliphatic carbocycles. The number of ether oxygens (including phenoxy) is 1. The average molecular weight is 437 g/mol. The third-order valence-corrected chi connectivity index (χ3v) is 5.28. The molecule has 1 amide bonds. The summed E-state index contributed by atoms with van der Waals surface area (Å²) >= 11 is 0. The number of nitrogens with one attached hydrogen (secondary N) is 2. The predicted molar refractivity (Wildman–Crippen MR) is 113 cm³/mol. The summed E-state index contributed by atoms with van der Waals surface area (Å²) in [5, 5.41) is 2.60. The number of carbonyl (C=O) groups is 1. The van der Waals surface area contributed by atoms with Gasteiger partial charge in [-0.1, -0.05) is 6.07 Å². The normalized spacial score (nSPS) is 15.5. The zero-order valence-electron chi connectivity index (χ0n) is 17.4. The molecule has 3 rings (SSSR count). The molecule has 0 radical (unpaired) electrons. The summed E-state index contributed by atoms with van der Waals surface area (Å²) in [5.41, 5.74) is 2.53. The Labute approximate surface area is 178 Å². The van der Waals surface area contributed by atoms with Crippen molar-refractivity contribution in [2.75, 3.05) is 51.1 Å². The van der Waals surface area contributed by atoms with Crippen molar-refractivity contribution in [1.82, 2.24) is 9.80 Å². The lowest BCUT2D eigenvalue weighted by atomic mass is 10.0. The van der Waals surface area contributed by atoms with Crippen LogP contribution in [0.4, 0.5) is 24.5 Å². The number of methoxy groups -OCH3 is 1. The second-order valence-electron chi connectivity index (χ2n) is 7.46. The number of rotatable bonds is 6. The van der Waals surface area contributed by atoms with E-state index in [9.17, 15) is 18.0 Å². The van der Waals surface area contributed by atoms with Gasteiger partial charge in [0, 0.05) is 44.0 Å². The number of halogens is 3. The summed E-state index contributed by atoms with van der Waals surface area (Å²) in [4.78, 5) is 16.7. The van der Waals surface area contributed by atoms with Crippen molar-refractivity contribution < 1.29 is 22.7 Å². The van der Waals surface area contributed by atoms with Crippen LogP contribution in [0.2, 0.25) is 0 Å². The Hall–Kier alpha value is -2.82. The summed E-state index contributed by atoms with van der Waals surface area (Å²) in [7, 11) is 3.46. The van der Waals surface area contributed by atoms with E-state index in [-0.39, 0.29) is 17.7 Å². The molecule has 0 bridgehead atoms. The first kappa shape index (κ1) is 22.9. The number of carbonyl (C=O) groups excluding carboxylic acids is 1. The molecule has 1 fully saturated rings. The minimum absolute atomic E-state index is 0.0764. The Morgan fingerprint density at radius 1 is 1.13 bits per heavy atom. The molecular formula is C21H26F3N5O2. The van der Waals surface area contributed by atoms with Crippen molar-refractivity contribution in [2.24, 2.45) is 5.84 Å². The van der Waals surface area contributed by atoms with Gasteiger partial charge < -0.3 is 20.4 Å². The number of nitrogens with two attached hydrogens (primary N) is 1. The number of nitrogen functional groups attached to an aromatic ring is 1. The highest BCUT2D eigenvalue weighted by molar-refractivity contribution is 6.04. The molecule has 4 N–H and O–H groups in total. The quantitative estimate of drug-likeness (QED) is 0.476. The van der Waals surface area contributed by atoms with Gasteiger partial charge >= 0.3 is 6.18 Å². The van der Waals surface area contributed by atoms with E-state index in [1.54, 1.807) is 12.1 Å². The monoisotopic (exact) mass is 437 g/mol. The van der Waals surface area contributed by atoms with E-state index >= 15 is 0 Å². The summed E-state index contributed by atoms with van der Waals surface area (Å²) in [6.45, 7) is 3.21. The highest BCUT2D eigenvalue weighted by atomic mass is 19.4. The molecule has 168 valence electrons. The molecule has 10 heteroatoms. The second-order valence-corrected chi connectivity index (χ2v) is 7.46. The number of anilines is 2. The first-order valence-electron chi connectivity index (χ1n) is 9.78. The SMILES string of the molecule is COc1ccc(NC(=O)c2ccc(CN3CCN(C)CC3)c(C(F)(F)F)c2)cc1NN. The van der Waals surface area contributed by atoms with E-state index in [4.69, 9.17) is 10.6 Å². The first-order valence-corrected chi connectivity index (χ1v) is 9.78. The summed E-state index contributed by atoms with van der Waals surface area (Å²) in [6, 6.07) is 8.41. The zero-order chi connectivity index (χ0) is 22.6. The van der Waals surface area contributed by atoms with Crippen LogP contribution in [0.1, 0.15) is 21.5 Å². The molecule has 1 saturated heterocycles. The maximum atomic E-state index is 13.7. The van der Waals surface area contributed by atoms with Crippen LogP contribution in [0.15, 0.2) is 36.4 Å². The number of nitrogens with zero attached hydrogens (tertiary/aromatic N) is 2. The van der Waals surface area contributed by atoms with Crippen LogP contribution >= 0.6 is 0 Å². The Morgan fingerprint density at radius 2 is 1.84 bits per heavy atom. The van der Waals surface area contributed by atoms with Gasteiger partial charge in [-0.05, 0) is 42.9 Å². The number of likely N-dealkylation sites (N-methyl/N-ethyl adjacent to an activating group) is 1. The van der Waals surface area contributed by atoms with Crippen LogP contribution in [0.3, 0.4) is 0 Å². The number of benzene rings is 2. The Bertz CT molecular complexity index is 928. The van der Waals surface area contributed by atoms with Gasteiger partial charge in [0.15, 0.2) is 0 Å². The highest BCUT2D eigenvalue weighted by Gasteiger charge is 2.34. The summed E-state index contributed by atoms with van der Waals surface area (Å²) in [5.74, 6) is 5.25. The minimum atomic E-state index is -4.56. The lowest BCUT2D eigenvalue weighted by molar-refractivity contribution is -0.138. The van der Waals surface area contributed by atoms with E-state index in [0.717, 1.165) is 19.2 Å². The van der Waals surface area contributed by atoms with Crippen molar-refractivity contribution in [3.05, 3.63) is 53.1 Å². The van der Waals surface area contributed by atoms with Gasteiger partial charge in [-0.2, -0.15) is 13.2 Å². The van der Waals surface area contributed by atoms with E-state index in [0.29, 0.717) is 30.2 Å². The van der Waals surface area contributed by atoms with Crippen molar-refractivity contribution in [3.63, 3.8) is 0 Å². The molecule has 2 aromatic carbocycles. The third kappa shape index (κ3) is 5.66. The van der Waals surface area contributed by atoms with Crippen LogP contribution in [0, 0.1) is 0 Å². The molecule has 1 aliphatic rings. The maximum absolute atomic E-state index is 13.7. The topological polar surface area (TPSA) is 82.9 Å². The Morgan fingerprint density at radius 3 is 2.45 bits per heavy atom. The number of hydrazine groups is 1. The van der Waals surface area contributed by atoms with Crippen LogP contribution < -0.4 is 21.3 Å². The van der Waals surface area contributed by atoms with Crippen molar-refractivity contribution in [1.29, 1.82) is 0 Å². The summed E-state index contributed by atoms with van der Waals surface area (Å²) in [6.07, 6.45) is -4.56. The maximum Gasteiger partial charge on any atom is 0.416 e. The molecule has 31 heavy (non-hydrogen) atoms. The van der Waals surface area contributed by atoms with E-state index in [2.05, 4.69) is 15.6 Å². The molecular weight excluding hydrogens is 411 g/mol. The van der Waals surface area contributed by atoms with Gasteiger partial charge in [-0.15, -0.1) is 0 Å². The highest BCUT2D eigenvalue weighted by Crippen LogP contribution is 2.34. The van der Waals surface area contributed by atoms with Gasteiger partial charge in [0.2, 0.25) is 0 Å². The lowest BCUT2D eigenvalue weighted by Gasteiger charge is -2.33. The van der Waals surface area contributed by atoms with Gasteiger partial charge in [-0.25, -0.2) is 0 Å².